The third kappa shape index (κ3) is 5.01. The van der Waals surface area contributed by atoms with E-state index in [1.54, 1.807) is 17.9 Å². The number of nitrogens with zero attached hydrogens (tertiary/aromatic N) is 2. The van der Waals surface area contributed by atoms with Crippen LogP contribution in [0.2, 0.25) is 0 Å². The van der Waals surface area contributed by atoms with Crippen LogP contribution >= 0.6 is 0 Å². The lowest BCUT2D eigenvalue weighted by Crippen LogP contribution is -2.34. The van der Waals surface area contributed by atoms with E-state index < -0.39 is 0 Å². The Morgan fingerprint density at radius 2 is 2.09 bits per heavy atom. The highest BCUT2D eigenvalue weighted by molar-refractivity contribution is 5.71. The Hall–Kier alpha value is -3.04. The van der Waals surface area contributed by atoms with Gasteiger partial charge in [-0.25, -0.2) is 4.79 Å². The van der Waals surface area contributed by atoms with E-state index in [0.29, 0.717) is 64.1 Å². The van der Waals surface area contributed by atoms with Crippen molar-refractivity contribution in [3.8, 4) is 22.9 Å². The van der Waals surface area contributed by atoms with Crippen LogP contribution in [0.5, 0.6) is 11.6 Å². The average molecular weight is 485 g/mol. The lowest BCUT2D eigenvalue weighted by atomic mass is 9.94. The van der Waals surface area contributed by atoms with Gasteiger partial charge in [-0.05, 0) is 44.0 Å². The van der Waals surface area contributed by atoms with Gasteiger partial charge in [0.25, 0.3) is 0 Å². The first-order chi connectivity index (χ1) is 17.0. The van der Waals surface area contributed by atoms with E-state index in [0.717, 1.165) is 35.4 Å². The first-order valence-corrected chi connectivity index (χ1v) is 12.3. The number of rotatable bonds is 6. The molecular formula is C26H32N2O7. The molecule has 2 atom stereocenters. The standard InChI is InChI=1S/C26H32N2O7/c1-3-32-26(30)27-8-7-20(14-27)35-19-4-5-22-18(12-19)6-9-28-24(13-23(29)17(2)25(22)28)34-16-21-15-31-10-11-33-21/h4-5,12-13,20-21H,3,6-11,14-16H2,1-2H3/t20?,21-/m0/s1. The monoisotopic (exact) mass is 484 g/mol. The number of hydrogen-bond donors (Lipinski definition) is 0. The fraction of sp³-hybridized carbons (Fsp3) is 0.538. The van der Waals surface area contributed by atoms with Crippen LogP contribution in [0.15, 0.2) is 29.1 Å². The molecule has 2 fully saturated rings. The molecule has 2 aromatic rings. The quantitative estimate of drug-likeness (QED) is 0.623. The van der Waals surface area contributed by atoms with Crippen LogP contribution in [-0.4, -0.2) is 73.9 Å². The summed E-state index contributed by atoms with van der Waals surface area (Å²) in [7, 11) is 0. The van der Waals surface area contributed by atoms with Crippen LogP contribution in [-0.2, 0) is 27.2 Å². The molecule has 0 bridgehead atoms. The van der Waals surface area contributed by atoms with Crippen molar-refractivity contribution in [2.75, 3.05) is 46.1 Å². The van der Waals surface area contributed by atoms with Gasteiger partial charge in [-0.2, -0.15) is 0 Å². The maximum absolute atomic E-state index is 12.8. The molecule has 2 saturated heterocycles. The van der Waals surface area contributed by atoms with Crippen LogP contribution < -0.4 is 14.9 Å². The van der Waals surface area contributed by atoms with Gasteiger partial charge >= 0.3 is 6.09 Å². The van der Waals surface area contributed by atoms with Gasteiger partial charge in [0.05, 0.1) is 38.7 Å². The SMILES string of the molecule is CCOC(=O)N1CCC(Oc2ccc3c(c2)CCn2c(OC[C@@H]4COCCO4)cc(=O)c(C)c2-3)C1. The van der Waals surface area contributed by atoms with E-state index in [9.17, 15) is 9.59 Å². The second kappa shape index (κ2) is 10.3. The fourth-order valence-electron chi connectivity index (χ4n) is 4.94. The molecule has 9 nitrogen and oxygen atoms in total. The summed E-state index contributed by atoms with van der Waals surface area (Å²) in [5.74, 6) is 1.33. The minimum absolute atomic E-state index is 0.0507. The second-order valence-electron chi connectivity index (χ2n) is 9.09. The summed E-state index contributed by atoms with van der Waals surface area (Å²) in [4.78, 5) is 26.4. The highest BCUT2D eigenvalue weighted by Crippen LogP contribution is 2.36. The van der Waals surface area contributed by atoms with Crippen LogP contribution in [0.25, 0.3) is 11.3 Å². The van der Waals surface area contributed by atoms with Gasteiger partial charge < -0.3 is 33.2 Å². The molecule has 3 aliphatic rings. The summed E-state index contributed by atoms with van der Waals surface area (Å²) in [6, 6.07) is 7.57. The maximum atomic E-state index is 12.8. The summed E-state index contributed by atoms with van der Waals surface area (Å²) in [5.41, 5.74) is 3.68. The minimum Gasteiger partial charge on any atom is -0.489 e. The molecule has 4 heterocycles. The number of fused-ring (bicyclic) bond motifs is 3. The molecule has 1 aromatic heterocycles. The topological polar surface area (TPSA) is 88.5 Å². The van der Waals surface area contributed by atoms with E-state index in [2.05, 4.69) is 10.6 Å². The Bertz CT molecular complexity index is 1140. The van der Waals surface area contributed by atoms with Gasteiger partial charge in [0, 0.05) is 36.7 Å². The summed E-state index contributed by atoms with van der Waals surface area (Å²) in [6.07, 6.45) is 1.07. The smallest absolute Gasteiger partial charge is 0.409 e. The molecule has 3 aliphatic heterocycles. The van der Waals surface area contributed by atoms with Crippen molar-refractivity contribution in [1.29, 1.82) is 0 Å². The van der Waals surface area contributed by atoms with Crippen molar-refractivity contribution >= 4 is 6.09 Å². The molecule has 35 heavy (non-hydrogen) atoms. The lowest BCUT2D eigenvalue weighted by molar-refractivity contribution is -0.102. The molecule has 0 aliphatic carbocycles. The average Bonchev–Trinajstić information content (AvgIpc) is 3.34. The zero-order valence-electron chi connectivity index (χ0n) is 20.3. The zero-order chi connectivity index (χ0) is 24.4. The van der Waals surface area contributed by atoms with Crippen molar-refractivity contribution in [3.05, 3.63) is 45.6 Å². The number of carbonyl (C=O) groups excluding carboxylic acids is 1. The molecule has 0 spiro atoms. The molecule has 1 aromatic carbocycles. The highest BCUT2D eigenvalue weighted by Gasteiger charge is 2.29. The van der Waals surface area contributed by atoms with Gasteiger partial charge in [0.15, 0.2) is 11.3 Å². The summed E-state index contributed by atoms with van der Waals surface area (Å²) >= 11 is 0. The molecule has 5 rings (SSSR count). The minimum atomic E-state index is -0.290. The molecule has 0 saturated carbocycles. The number of aryl methyl sites for hydroxylation is 1. The van der Waals surface area contributed by atoms with Crippen molar-refractivity contribution in [3.63, 3.8) is 0 Å². The van der Waals surface area contributed by atoms with Gasteiger partial charge in [-0.1, -0.05) is 0 Å². The predicted molar refractivity (Wildman–Crippen MR) is 128 cm³/mol. The van der Waals surface area contributed by atoms with E-state index in [1.807, 2.05) is 19.1 Å². The fourth-order valence-corrected chi connectivity index (χ4v) is 4.94. The Kier molecular flexibility index (Phi) is 6.97. The summed E-state index contributed by atoms with van der Waals surface area (Å²) < 4.78 is 30.5. The molecule has 0 radical (unpaired) electrons. The number of benzene rings is 1. The van der Waals surface area contributed by atoms with E-state index in [-0.39, 0.29) is 23.7 Å². The Balaban J connectivity index is 1.33. The van der Waals surface area contributed by atoms with E-state index in [4.69, 9.17) is 23.7 Å². The number of pyridine rings is 1. The van der Waals surface area contributed by atoms with Gasteiger partial charge in [0.2, 0.25) is 0 Å². The Morgan fingerprint density at radius 3 is 2.89 bits per heavy atom. The number of likely N-dealkylation sites (tertiary alicyclic amines) is 1. The van der Waals surface area contributed by atoms with Crippen molar-refractivity contribution < 1.29 is 28.5 Å². The van der Waals surface area contributed by atoms with Crippen LogP contribution in [0.3, 0.4) is 0 Å². The van der Waals surface area contributed by atoms with Crippen molar-refractivity contribution in [1.82, 2.24) is 9.47 Å². The van der Waals surface area contributed by atoms with Gasteiger partial charge in [-0.15, -0.1) is 0 Å². The van der Waals surface area contributed by atoms with Gasteiger partial charge in [0.1, 0.15) is 24.6 Å². The Labute approximate surface area is 204 Å². The normalized spacial score (nSPS) is 21.3. The molecule has 1 unspecified atom stereocenters. The lowest BCUT2D eigenvalue weighted by Gasteiger charge is -2.28. The number of carbonyl (C=O) groups is 1. The molecular weight excluding hydrogens is 452 g/mol. The number of ether oxygens (including phenoxy) is 5. The number of amides is 1. The number of aromatic nitrogens is 1. The number of hydrogen-bond acceptors (Lipinski definition) is 7. The maximum Gasteiger partial charge on any atom is 0.409 e. The van der Waals surface area contributed by atoms with Gasteiger partial charge in [-0.3, -0.25) is 4.79 Å². The summed E-state index contributed by atoms with van der Waals surface area (Å²) in [5, 5.41) is 0. The molecule has 1 amide bonds. The van der Waals surface area contributed by atoms with Crippen LogP contribution in [0, 0.1) is 6.92 Å². The molecule has 188 valence electrons. The summed E-state index contributed by atoms with van der Waals surface area (Å²) in [6.45, 7) is 7.86. The first-order valence-electron chi connectivity index (χ1n) is 12.3. The Morgan fingerprint density at radius 1 is 1.20 bits per heavy atom. The molecule has 9 heteroatoms. The largest absolute Gasteiger partial charge is 0.489 e. The van der Waals surface area contributed by atoms with E-state index in [1.165, 1.54) is 0 Å². The third-order valence-electron chi connectivity index (χ3n) is 6.73. The van der Waals surface area contributed by atoms with Crippen LogP contribution in [0.4, 0.5) is 4.79 Å². The molecule has 0 N–H and O–H groups in total. The predicted octanol–water partition coefficient (Wildman–Crippen LogP) is 2.78. The van der Waals surface area contributed by atoms with Crippen LogP contribution in [0.1, 0.15) is 24.5 Å². The van der Waals surface area contributed by atoms with Crippen molar-refractivity contribution in [2.45, 2.75) is 45.4 Å². The van der Waals surface area contributed by atoms with E-state index >= 15 is 0 Å². The van der Waals surface area contributed by atoms with Crippen molar-refractivity contribution in [2.24, 2.45) is 0 Å². The zero-order valence-corrected chi connectivity index (χ0v) is 20.3. The first kappa shape index (κ1) is 23.7. The highest BCUT2D eigenvalue weighted by atomic mass is 16.6. The second-order valence-corrected chi connectivity index (χ2v) is 9.09. The third-order valence-corrected chi connectivity index (χ3v) is 6.73.